The molecule has 0 aliphatic rings. The molecule has 0 radical (unpaired) electrons. The number of nitrogen functional groups attached to an aromatic ring is 1. The maximum absolute atomic E-state index is 10.9. The van der Waals surface area contributed by atoms with E-state index in [4.69, 9.17) is 10.8 Å². The van der Waals surface area contributed by atoms with E-state index in [9.17, 15) is 4.79 Å². The second kappa shape index (κ2) is 4.82. The minimum absolute atomic E-state index is 0.154. The average Bonchev–Trinajstić information content (AvgIpc) is 2.90. The molecule has 2 aromatic heterocycles. The van der Waals surface area contributed by atoms with Gasteiger partial charge in [0.1, 0.15) is 16.9 Å². The highest BCUT2D eigenvalue weighted by atomic mass is 32.2. The molecule has 100 valence electrons. The first kappa shape index (κ1) is 12.4. The lowest BCUT2D eigenvalue weighted by Gasteiger charge is -2.06. The highest BCUT2D eigenvalue weighted by molar-refractivity contribution is 7.99. The van der Waals surface area contributed by atoms with Crippen LogP contribution in [0.25, 0.3) is 11.2 Å². The van der Waals surface area contributed by atoms with E-state index in [1.54, 1.807) is 12.4 Å². The molecule has 0 fully saturated rings. The summed E-state index contributed by atoms with van der Waals surface area (Å²) in [5.41, 5.74) is 7.71. The largest absolute Gasteiger partial charge is 0.478 e. The zero-order chi connectivity index (χ0) is 14.1. The van der Waals surface area contributed by atoms with Gasteiger partial charge in [-0.2, -0.15) is 0 Å². The van der Waals surface area contributed by atoms with Crippen LogP contribution in [-0.2, 0) is 0 Å². The Labute approximate surface area is 117 Å². The van der Waals surface area contributed by atoms with Gasteiger partial charge in [0.15, 0.2) is 5.65 Å². The number of hydrogen-bond donors (Lipinski definition) is 3. The summed E-state index contributed by atoms with van der Waals surface area (Å²) in [4.78, 5) is 26.8. The Hall–Kier alpha value is -2.61. The molecule has 7 nitrogen and oxygen atoms in total. The number of hydrogen-bond acceptors (Lipinski definition) is 6. The molecule has 0 bridgehead atoms. The molecule has 0 unspecified atom stereocenters. The lowest BCUT2D eigenvalue weighted by atomic mass is 10.2. The van der Waals surface area contributed by atoms with Gasteiger partial charge in [-0.3, -0.25) is 0 Å². The molecule has 0 aliphatic heterocycles. The SMILES string of the molecule is Nc1cc(C(=O)O)ccc1Sc1ncnc2nc[nH]c12. The summed E-state index contributed by atoms with van der Waals surface area (Å²) in [6, 6.07) is 4.59. The lowest BCUT2D eigenvalue weighted by molar-refractivity contribution is 0.0697. The number of anilines is 1. The summed E-state index contributed by atoms with van der Waals surface area (Å²) in [6.45, 7) is 0. The van der Waals surface area contributed by atoms with Crippen LogP contribution in [0.4, 0.5) is 5.69 Å². The molecule has 3 aromatic rings. The maximum atomic E-state index is 10.9. The third kappa shape index (κ3) is 2.16. The van der Waals surface area contributed by atoms with Crippen molar-refractivity contribution in [3.8, 4) is 0 Å². The van der Waals surface area contributed by atoms with E-state index in [0.29, 0.717) is 16.4 Å². The lowest BCUT2D eigenvalue weighted by Crippen LogP contribution is -1.98. The predicted octanol–water partition coefficient (Wildman–Crippen LogP) is 1.78. The number of nitrogens with two attached hydrogens (primary N) is 1. The van der Waals surface area contributed by atoms with Crippen molar-refractivity contribution in [1.82, 2.24) is 19.9 Å². The summed E-state index contributed by atoms with van der Waals surface area (Å²) in [5, 5.41) is 9.59. The van der Waals surface area contributed by atoms with Crippen LogP contribution in [0.2, 0.25) is 0 Å². The normalized spacial score (nSPS) is 10.8. The number of H-pyrrole nitrogens is 1. The van der Waals surface area contributed by atoms with Crippen molar-refractivity contribution >= 4 is 34.6 Å². The zero-order valence-electron chi connectivity index (χ0n) is 10.1. The van der Waals surface area contributed by atoms with E-state index < -0.39 is 5.97 Å². The van der Waals surface area contributed by atoms with Crippen LogP contribution in [-0.4, -0.2) is 31.0 Å². The van der Waals surface area contributed by atoms with E-state index in [1.807, 2.05) is 0 Å². The Morgan fingerprint density at radius 3 is 2.90 bits per heavy atom. The molecule has 0 saturated heterocycles. The van der Waals surface area contributed by atoms with Crippen LogP contribution in [0.15, 0.2) is 40.8 Å². The number of imidazole rings is 1. The van der Waals surface area contributed by atoms with Crippen LogP contribution in [0.5, 0.6) is 0 Å². The minimum atomic E-state index is -1.01. The first-order chi connectivity index (χ1) is 9.65. The molecular weight excluding hydrogens is 278 g/mol. The molecule has 0 amide bonds. The number of carboxylic acids is 1. The van der Waals surface area contributed by atoms with Crippen molar-refractivity contribution in [2.24, 2.45) is 0 Å². The average molecular weight is 287 g/mol. The van der Waals surface area contributed by atoms with Crippen molar-refractivity contribution in [2.75, 3.05) is 5.73 Å². The van der Waals surface area contributed by atoms with Crippen LogP contribution >= 0.6 is 11.8 Å². The van der Waals surface area contributed by atoms with Gasteiger partial charge in [-0.25, -0.2) is 19.7 Å². The number of rotatable bonds is 3. The smallest absolute Gasteiger partial charge is 0.335 e. The number of nitrogens with one attached hydrogen (secondary N) is 1. The van der Waals surface area contributed by atoms with Gasteiger partial charge in [0, 0.05) is 10.6 Å². The number of benzene rings is 1. The Morgan fingerprint density at radius 2 is 2.15 bits per heavy atom. The quantitative estimate of drug-likeness (QED) is 0.496. The van der Waals surface area contributed by atoms with E-state index >= 15 is 0 Å². The Kier molecular flexibility index (Phi) is 2.99. The predicted molar refractivity (Wildman–Crippen MR) is 73.6 cm³/mol. The van der Waals surface area contributed by atoms with Gasteiger partial charge in [-0.1, -0.05) is 11.8 Å². The first-order valence-electron chi connectivity index (χ1n) is 5.60. The van der Waals surface area contributed by atoms with Crippen LogP contribution in [0, 0.1) is 0 Å². The number of aromatic amines is 1. The van der Waals surface area contributed by atoms with E-state index in [-0.39, 0.29) is 5.56 Å². The molecule has 0 atom stereocenters. The fraction of sp³-hybridized carbons (Fsp3) is 0. The number of fused-ring (bicyclic) bond motifs is 1. The molecule has 8 heteroatoms. The van der Waals surface area contributed by atoms with Crippen molar-refractivity contribution < 1.29 is 9.90 Å². The molecule has 0 aliphatic carbocycles. The van der Waals surface area contributed by atoms with Crippen LogP contribution < -0.4 is 5.73 Å². The van der Waals surface area contributed by atoms with Gasteiger partial charge in [0.05, 0.1) is 11.9 Å². The number of carbonyl (C=O) groups is 1. The number of aromatic nitrogens is 4. The topological polar surface area (TPSA) is 118 Å². The molecule has 0 saturated carbocycles. The van der Waals surface area contributed by atoms with E-state index in [0.717, 1.165) is 10.4 Å². The van der Waals surface area contributed by atoms with Crippen molar-refractivity contribution in [3.63, 3.8) is 0 Å². The molecule has 2 heterocycles. The second-order valence-corrected chi connectivity index (χ2v) is 4.97. The van der Waals surface area contributed by atoms with Gasteiger partial charge in [-0.05, 0) is 18.2 Å². The monoisotopic (exact) mass is 287 g/mol. The number of nitrogens with zero attached hydrogens (tertiary/aromatic N) is 3. The van der Waals surface area contributed by atoms with Crippen LogP contribution in [0.3, 0.4) is 0 Å². The Morgan fingerprint density at radius 1 is 1.30 bits per heavy atom. The Bertz CT molecular complexity index is 801. The summed E-state index contributed by atoms with van der Waals surface area (Å²) in [7, 11) is 0. The van der Waals surface area contributed by atoms with Gasteiger partial charge >= 0.3 is 5.97 Å². The second-order valence-electron chi connectivity index (χ2n) is 3.94. The summed E-state index contributed by atoms with van der Waals surface area (Å²) >= 11 is 1.33. The van der Waals surface area contributed by atoms with Gasteiger partial charge in [0.2, 0.25) is 0 Å². The molecular formula is C12H9N5O2S. The molecule has 4 N–H and O–H groups in total. The molecule has 3 rings (SSSR count). The fourth-order valence-corrected chi connectivity index (χ4v) is 2.57. The number of carboxylic acid groups (broad SMARTS) is 1. The first-order valence-corrected chi connectivity index (χ1v) is 6.41. The van der Waals surface area contributed by atoms with Crippen molar-refractivity contribution in [1.29, 1.82) is 0 Å². The van der Waals surface area contributed by atoms with Gasteiger partial charge in [-0.15, -0.1) is 0 Å². The molecule has 1 aromatic carbocycles. The maximum Gasteiger partial charge on any atom is 0.335 e. The van der Waals surface area contributed by atoms with Crippen molar-refractivity contribution in [2.45, 2.75) is 9.92 Å². The van der Waals surface area contributed by atoms with Gasteiger partial charge in [0.25, 0.3) is 0 Å². The van der Waals surface area contributed by atoms with E-state index in [2.05, 4.69) is 19.9 Å². The standard InChI is InChI=1S/C12H9N5O2S/c13-7-3-6(12(18)19)1-2-8(7)20-11-9-10(15-4-14-9)16-5-17-11/h1-5H,13H2,(H,18,19)(H,14,15,16,17). The zero-order valence-corrected chi connectivity index (χ0v) is 10.9. The fourth-order valence-electron chi connectivity index (χ4n) is 1.70. The highest BCUT2D eigenvalue weighted by Crippen LogP contribution is 2.33. The van der Waals surface area contributed by atoms with Crippen molar-refractivity contribution in [3.05, 3.63) is 36.4 Å². The third-order valence-electron chi connectivity index (χ3n) is 2.65. The minimum Gasteiger partial charge on any atom is -0.478 e. The van der Waals surface area contributed by atoms with Gasteiger partial charge < -0.3 is 15.8 Å². The summed E-state index contributed by atoms with van der Waals surface area (Å²) in [5.74, 6) is -1.01. The van der Waals surface area contributed by atoms with Crippen LogP contribution in [0.1, 0.15) is 10.4 Å². The summed E-state index contributed by atoms with van der Waals surface area (Å²) in [6.07, 6.45) is 2.97. The highest BCUT2D eigenvalue weighted by Gasteiger charge is 2.11. The van der Waals surface area contributed by atoms with E-state index in [1.165, 1.54) is 30.2 Å². The molecule has 0 spiro atoms. The Balaban J connectivity index is 1.99. The summed E-state index contributed by atoms with van der Waals surface area (Å²) < 4.78 is 0. The molecule has 20 heavy (non-hydrogen) atoms. The number of aromatic carboxylic acids is 1. The third-order valence-corrected chi connectivity index (χ3v) is 3.75.